The highest BCUT2D eigenvalue weighted by molar-refractivity contribution is 4.74. The summed E-state index contributed by atoms with van der Waals surface area (Å²) in [5.74, 6) is 0.993. The van der Waals surface area contributed by atoms with E-state index in [2.05, 4.69) is 17.3 Å². The summed E-state index contributed by atoms with van der Waals surface area (Å²) >= 11 is 0. The van der Waals surface area contributed by atoms with Crippen LogP contribution in [-0.2, 0) is 0 Å². The molecule has 0 spiro atoms. The number of piperidine rings is 1. The number of nitrogens with zero attached hydrogens (tertiary/aromatic N) is 1. The molecule has 94 valence electrons. The number of likely N-dealkylation sites (tertiary alicyclic amines) is 1. The quantitative estimate of drug-likeness (QED) is 0.790. The standard InChI is InChI=1S/C14H28N2/c1-16-11-8-13(9-12-16)7-10-15-14-5-3-2-4-6-14/h13-15H,2-12H2,1H3. The Hall–Kier alpha value is -0.0800. The first kappa shape index (κ1) is 12.4. The summed E-state index contributed by atoms with van der Waals surface area (Å²) in [5, 5.41) is 3.77. The van der Waals surface area contributed by atoms with Gasteiger partial charge in [-0.3, -0.25) is 0 Å². The van der Waals surface area contributed by atoms with Crippen molar-refractivity contribution in [2.24, 2.45) is 5.92 Å². The van der Waals surface area contributed by atoms with Gasteiger partial charge in [0.25, 0.3) is 0 Å². The van der Waals surface area contributed by atoms with E-state index in [1.807, 2.05) is 0 Å². The first-order valence-electron chi connectivity index (χ1n) is 7.26. The zero-order valence-corrected chi connectivity index (χ0v) is 10.9. The van der Waals surface area contributed by atoms with E-state index in [4.69, 9.17) is 0 Å². The van der Waals surface area contributed by atoms with Gasteiger partial charge in [-0.2, -0.15) is 0 Å². The fourth-order valence-electron chi connectivity index (χ4n) is 3.15. The monoisotopic (exact) mass is 224 g/mol. The second kappa shape index (κ2) is 6.61. The number of nitrogens with one attached hydrogen (secondary N) is 1. The molecule has 2 heteroatoms. The van der Waals surface area contributed by atoms with Crippen molar-refractivity contribution in [3.05, 3.63) is 0 Å². The van der Waals surface area contributed by atoms with Gasteiger partial charge in [0.05, 0.1) is 0 Å². The van der Waals surface area contributed by atoms with Crippen LogP contribution < -0.4 is 5.32 Å². The van der Waals surface area contributed by atoms with Crippen LogP contribution in [0, 0.1) is 5.92 Å². The molecule has 0 aromatic heterocycles. The molecule has 2 fully saturated rings. The van der Waals surface area contributed by atoms with E-state index in [-0.39, 0.29) is 0 Å². The van der Waals surface area contributed by atoms with Crippen molar-refractivity contribution in [1.82, 2.24) is 10.2 Å². The summed E-state index contributed by atoms with van der Waals surface area (Å²) in [7, 11) is 2.25. The lowest BCUT2D eigenvalue weighted by molar-refractivity contribution is 0.209. The van der Waals surface area contributed by atoms with Gasteiger partial charge >= 0.3 is 0 Å². The maximum absolute atomic E-state index is 3.77. The Morgan fingerprint density at radius 2 is 1.69 bits per heavy atom. The lowest BCUT2D eigenvalue weighted by Crippen LogP contribution is -2.35. The molecule has 0 aromatic rings. The molecule has 0 unspecified atom stereocenters. The summed E-state index contributed by atoms with van der Waals surface area (Å²) in [6, 6.07) is 0.847. The highest BCUT2D eigenvalue weighted by Gasteiger charge is 2.17. The Kier molecular flexibility index (Phi) is 5.11. The van der Waals surface area contributed by atoms with Gasteiger partial charge in [-0.1, -0.05) is 19.3 Å². The van der Waals surface area contributed by atoms with Crippen molar-refractivity contribution in [1.29, 1.82) is 0 Å². The lowest BCUT2D eigenvalue weighted by Gasteiger charge is -2.30. The first-order chi connectivity index (χ1) is 7.84. The normalized spacial score (nSPS) is 26.1. The highest BCUT2D eigenvalue weighted by Crippen LogP contribution is 2.20. The van der Waals surface area contributed by atoms with E-state index in [1.165, 1.54) is 71.0 Å². The maximum Gasteiger partial charge on any atom is 0.00670 e. The third-order valence-corrected chi connectivity index (χ3v) is 4.43. The summed E-state index contributed by atoms with van der Waals surface area (Å²) in [4.78, 5) is 2.46. The largest absolute Gasteiger partial charge is 0.314 e. The zero-order chi connectivity index (χ0) is 11.2. The molecular formula is C14H28N2. The van der Waals surface area contributed by atoms with Crippen LogP contribution >= 0.6 is 0 Å². The third kappa shape index (κ3) is 4.06. The van der Waals surface area contributed by atoms with Crippen molar-refractivity contribution in [2.45, 2.75) is 57.4 Å². The van der Waals surface area contributed by atoms with Crippen LogP contribution in [0.1, 0.15) is 51.4 Å². The Labute approximate surface area is 101 Å². The van der Waals surface area contributed by atoms with Crippen LogP contribution in [0.3, 0.4) is 0 Å². The molecule has 2 aliphatic rings. The SMILES string of the molecule is CN1CCC(CCNC2CCCCC2)CC1. The van der Waals surface area contributed by atoms with Crippen LogP contribution in [0.2, 0.25) is 0 Å². The second-order valence-electron chi connectivity index (χ2n) is 5.82. The van der Waals surface area contributed by atoms with Gasteiger partial charge in [-0.15, -0.1) is 0 Å². The van der Waals surface area contributed by atoms with Gasteiger partial charge in [0.1, 0.15) is 0 Å². The highest BCUT2D eigenvalue weighted by atomic mass is 15.1. The van der Waals surface area contributed by atoms with Crippen molar-refractivity contribution < 1.29 is 0 Å². The molecule has 0 amide bonds. The smallest absolute Gasteiger partial charge is 0.00670 e. The molecule has 0 bridgehead atoms. The third-order valence-electron chi connectivity index (χ3n) is 4.43. The predicted octanol–water partition coefficient (Wildman–Crippen LogP) is 2.64. The predicted molar refractivity (Wildman–Crippen MR) is 69.7 cm³/mol. The Bertz CT molecular complexity index is 179. The van der Waals surface area contributed by atoms with E-state index in [0.29, 0.717) is 0 Å². The minimum Gasteiger partial charge on any atom is -0.314 e. The molecule has 0 atom stereocenters. The number of rotatable bonds is 4. The molecule has 16 heavy (non-hydrogen) atoms. The van der Waals surface area contributed by atoms with Gasteiger partial charge < -0.3 is 10.2 Å². The molecule has 2 rings (SSSR count). The molecule has 1 N–H and O–H groups in total. The number of hydrogen-bond donors (Lipinski definition) is 1. The minimum absolute atomic E-state index is 0.847. The average molecular weight is 224 g/mol. The van der Waals surface area contributed by atoms with E-state index in [0.717, 1.165) is 12.0 Å². The van der Waals surface area contributed by atoms with Gasteiger partial charge in [0.15, 0.2) is 0 Å². The second-order valence-corrected chi connectivity index (χ2v) is 5.82. The Balaban J connectivity index is 1.53. The molecule has 2 nitrogen and oxygen atoms in total. The number of hydrogen-bond acceptors (Lipinski definition) is 2. The van der Waals surface area contributed by atoms with Crippen LogP contribution in [0.5, 0.6) is 0 Å². The molecule has 1 aliphatic heterocycles. The van der Waals surface area contributed by atoms with Crippen LogP contribution in [-0.4, -0.2) is 37.6 Å². The average Bonchev–Trinajstić information content (AvgIpc) is 2.33. The Morgan fingerprint density at radius 3 is 2.38 bits per heavy atom. The molecule has 0 aromatic carbocycles. The van der Waals surface area contributed by atoms with E-state index < -0.39 is 0 Å². The van der Waals surface area contributed by atoms with Crippen LogP contribution in [0.25, 0.3) is 0 Å². The lowest BCUT2D eigenvalue weighted by atomic mass is 9.92. The van der Waals surface area contributed by atoms with Gasteiger partial charge in [-0.05, 0) is 64.7 Å². The zero-order valence-electron chi connectivity index (χ0n) is 10.9. The summed E-state index contributed by atoms with van der Waals surface area (Å²) in [6.45, 7) is 3.89. The van der Waals surface area contributed by atoms with E-state index in [9.17, 15) is 0 Å². The molecule has 1 saturated heterocycles. The van der Waals surface area contributed by atoms with Gasteiger partial charge in [0.2, 0.25) is 0 Å². The van der Waals surface area contributed by atoms with Gasteiger partial charge in [-0.25, -0.2) is 0 Å². The fraction of sp³-hybridized carbons (Fsp3) is 1.00. The van der Waals surface area contributed by atoms with Crippen molar-refractivity contribution in [3.63, 3.8) is 0 Å². The molecule has 1 heterocycles. The van der Waals surface area contributed by atoms with Gasteiger partial charge in [0, 0.05) is 6.04 Å². The van der Waals surface area contributed by atoms with Crippen molar-refractivity contribution >= 4 is 0 Å². The van der Waals surface area contributed by atoms with E-state index >= 15 is 0 Å². The molecule has 0 radical (unpaired) electrons. The van der Waals surface area contributed by atoms with Crippen molar-refractivity contribution in [2.75, 3.05) is 26.7 Å². The van der Waals surface area contributed by atoms with Crippen molar-refractivity contribution in [3.8, 4) is 0 Å². The molecule has 1 saturated carbocycles. The summed E-state index contributed by atoms with van der Waals surface area (Å²) < 4.78 is 0. The first-order valence-corrected chi connectivity index (χ1v) is 7.26. The molecule has 1 aliphatic carbocycles. The van der Waals surface area contributed by atoms with E-state index in [1.54, 1.807) is 0 Å². The summed E-state index contributed by atoms with van der Waals surface area (Å²) in [5.41, 5.74) is 0. The molecular weight excluding hydrogens is 196 g/mol. The fourth-order valence-corrected chi connectivity index (χ4v) is 3.15. The Morgan fingerprint density at radius 1 is 1.00 bits per heavy atom. The topological polar surface area (TPSA) is 15.3 Å². The minimum atomic E-state index is 0.847. The maximum atomic E-state index is 3.77. The van der Waals surface area contributed by atoms with Crippen LogP contribution in [0.15, 0.2) is 0 Å². The summed E-state index contributed by atoms with van der Waals surface area (Å²) in [6.07, 6.45) is 11.5. The van der Waals surface area contributed by atoms with Crippen LogP contribution in [0.4, 0.5) is 0 Å².